The maximum Gasteiger partial charge on any atom is 0.329 e. The number of nitrogens with zero attached hydrogens (tertiary/aromatic N) is 1. The highest BCUT2D eigenvalue weighted by Crippen LogP contribution is 2.26. The lowest BCUT2D eigenvalue weighted by Crippen LogP contribution is -2.38. The first-order valence-electron chi connectivity index (χ1n) is 5.72. The van der Waals surface area contributed by atoms with Crippen LogP contribution in [0.5, 0.6) is 5.75 Å². The van der Waals surface area contributed by atoms with Gasteiger partial charge in [-0.2, -0.15) is 11.8 Å². The second-order valence-corrected chi connectivity index (χ2v) is 5.50. The Morgan fingerprint density at radius 1 is 1.39 bits per heavy atom. The molecule has 1 aliphatic rings. The first kappa shape index (κ1) is 11.4. The Morgan fingerprint density at radius 2 is 2.22 bits per heavy atom. The number of rotatable bonds is 1. The minimum absolute atomic E-state index is 0.0268. The molecule has 94 valence electrons. The molecule has 2 aromatic rings. The lowest BCUT2D eigenvalue weighted by molar-refractivity contribution is 0.475. The molecule has 6 heteroatoms. The molecule has 1 saturated heterocycles. The summed E-state index contributed by atoms with van der Waals surface area (Å²) >= 11 is 1.74. The highest BCUT2D eigenvalue weighted by atomic mass is 32.2. The lowest BCUT2D eigenvalue weighted by atomic mass is 10.2. The predicted octanol–water partition coefficient (Wildman–Crippen LogP) is 1.07. The van der Waals surface area contributed by atoms with E-state index in [0.29, 0.717) is 10.9 Å². The zero-order chi connectivity index (χ0) is 12.7. The average Bonchev–Trinajstić information content (AvgIpc) is 2.84. The van der Waals surface area contributed by atoms with Gasteiger partial charge < -0.3 is 10.1 Å². The molecule has 0 radical (unpaired) electrons. The number of nitrogens with one attached hydrogen (secondary N) is 1. The Balaban J connectivity index is 2.32. The number of phenols is 1. The van der Waals surface area contributed by atoms with E-state index in [0.717, 1.165) is 17.9 Å². The van der Waals surface area contributed by atoms with Gasteiger partial charge >= 0.3 is 5.69 Å². The van der Waals surface area contributed by atoms with Crippen molar-refractivity contribution in [3.8, 4) is 5.75 Å². The molecule has 1 aliphatic heterocycles. The zero-order valence-corrected chi connectivity index (χ0v) is 10.4. The molecule has 0 bridgehead atoms. The van der Waals surface area contributed by atoms with Crippen molar-refractivity contribution in [2.45, 2.75) is 12.5 Å². The van der Waals surface area contributed by atoms with Crippen LogP contribution in [-0.2, 0) is 0 Å². The van der Waals surface area contributed by atoms with Gasteiger partial charge in [0.15, 0.2) is 0 Å². The maximum atomic E-state index is 12.3. The van der Waals surface area contributed by atoms with E-state index < -0.39 is 0 Å². The number of aromatic nitrogens is 2. The van der Waals surface area contributed by atoms with Gasteiger partial charge in [0.05, 0.1) is 16.9 Å². The predicted molar refractivity (Wildman–Crippen MR) is 71.5 cm³/mol. The van der Waals surface area contributed by atoms with Crippen LogP contribution < -0.4 is 11.2 Å². The second kappa shape index (κ2) is 4.20. The van der Waals surface area contributed by atoms with Crippen LogP contribution in [0.25, 0.3) is 10.9 Å². The van der Waals surface area contributed by atoms with Gasteiger partial charge in [-0.25, -0.2) is 4.79 Å². The summed E-state index contributed by atoms with van der Waals surface area (Å²) in [5.41, 5.74) is -0.229. The second-order valence-electron chi connectivity index (χ2n) is 4.35. The molecule has 3 rings (SSSR count). The number of phenolic OH excluding ortho intramolecular Hbond substituents is 1. The van der Waals surface area contributed by atoms with E-state index in [9.17, 15) is 14.7 Å². The molecule has 2 heterocycles. The third-order valence-corrected chi connectivity index (χ3v) is 4.33. The molecule has 1 unspecified atom stereocenters. The molecule has 0 aliphatic carbocycles. The summed E-state index contributed by atoms with van der Waals surface area (Å²) in [5.74, 6) is 1.78. The van der Waals surface area contributed by atoms with Gasteiger partial charge in [0.1, 0.15) is 5.75 Å². The zero-order valence-electron chi connectivity index (χ0n) is 9.55. The lowest BCUT2D eigenvalue weighted by Gasteiger charge is -2.12. The standard InChI is InChI=1S/C12H12N2O3S/c15-8-1-2-10-9(5-8)11(16)14(12(17)13-10)7-3-4-18-6-7/h1-2,5,7,15H,3-4,6H2,(H,13,17). The minimum atomic E-state index is -0.370. The number of aromatic hydroxyl groups is 1. The van der Waals surface area contributed by atoms with Crippen molar-refractivity contribution in [1.29, 1.82) is 0 Å². The molecule has 0 amide bonds. The number of aromatic amines is 1. The largest absolute Gasteiger partial charge is 0.508 e. The molecule has 1 aromatic carbocycles. The fourth-order valence-corrected chi connectivity index (χ4v) is 3.47. The normalized spacial score (nSPS) is 19.4. The third kappa shape index (κ3) is 1.73. The van der Waals surface area contributed by atoms with Crippen LogP contribution in [0.4, 0.5) is 0 Å². The van der Waals surface area contributed by atoms with E-state index in [1.165, 1.54) is 16.7 Å². The Kier molecular flexibility index (Phi) is 2.66. The van der Waals surface area contributed by atoms with Crippen molar-refractivity contribution in [2.75, 3.05) is 11.5 Å². The Morgan fingerprint density at radius 3 is 2.94 bits per heavy atom. The summed E-state index contributed by atoms with van der Waals surface area (Å²) in [5, 5.41) is 9.79. The van der Waals surface area contributed by atoms with Gasteiger partial charge in [0, 0.05) is 5.75 Å². The van der Waals surface area contributed by atoms with Crippen LogP contribution in [0.15, 0.2) is 27.8 Å². The quantitative estimate of drug-likeness (QED) is 0.808. The molecule has 1 atom stereocenters. The van der Waals surface area contributed by atoms with Crippen molar-refractivity contribution in [3.63, 3.8) is 0 Å². The summed E-state index contributed by atoms with van der Waals surface area (Å²) in [7, 11) is 0. The van der Waals surface area contributed by atoms with Crippen LogP contribution in [0.3, 0.4) is 0 Å². The van der Waals surface area contributed by atoms with Gasteiger partial charge in [0.2, 0.25) is 0 Å². The van der Waals surface area contributed by atoms with Crippen molar-refractivity contribution in [1.82, 2.24) is 9.55 Å². The summed E-state index contributed by atoms with van der Waals surface area (Å²) in [6, 6.07) is 4.35. The molecular formula is C12H12N2O3S. The van der Waals surface area contributed by atoms with Crippen molar-refractivity contribution < 1.29 is 5.11 Å². The van der Waals surface area contributed by atoms with Gasteiger partial charge in [0.25, 0.3) is 5.56 Å². The molecule has 1 aromatic heterocycles. The SMILES string of the molecule is O=c1[nH]c2ccc(O)cc2c(=O)n1C1CCSC1. The molecule has 5 nitrogen and oxygen atoms in total. The Labute approximate surface area is 106 Å². The minimum Gasteiger partial charge on any atom is -0.508 e. The number of hydrogen-bond donors (Lipinski definition) is 2. The molecule has 2 N–H and O–H groups in total. The topological polar surface area (TPSA) is 75.1 Å². The van der Waals surface area contributed by atoms with Crippen LogP contribution >= 0.6 is 11.8 Å². The number of fused-ring (bicyclic) bond motifs is 1. The highest BCUT2D eigenvalue weighted by molar-refractivity contribution is 7.99. The first-order valence-corrected chi connectivity index (χ1v) is 6.87. The Hall–Kier alpha value is -1.69. The summed E-state index contributed by atoms with van der Waals surface area (Å²) in [6.45, 7) is 0. The van der Waals surface area contributed by atoms with Crippen LogP contribution in [0.1, 0.15) is 12.5 Å². The van der Waals surface area contributed by atoms with Gasteiger partial charge in [-0.3, -0.25) is 9.36 Å². The molecule has 18 heavy (non-hydrogen) atoms. The molecule has 1 fully saturated rings. The van der Waals surface area contributed by atoms with E-state index in [4.69, 9.17) is 0 Å². The van der Waals surface area contributed by atoms with E-state index in [2.05, 4.69) is 4.98 Å². The number of thioether (sulfide) groups is 1. The Bertz CT molecular complexity index is 713. The van der Waals surface area contributed by atoms with Crippen molar-refractivity contribution in [2.24, 2.45) is 0 Å². The number of hydrogen-bond acceptors (Lipinski definition) is 4. The summed E-state index contributed by atoms with van der Waals surface area (Å²) in [6.07, 6.45) is 0.831. The molecular weight excluding hydrogens is 252 g/mol. The maximum absolute atomic E-state index is 12.3. The van der Waals surface area contributed by atoms with Crippen LogP contribution in [-0.4, -0.2) is 26.2 Å². The molecule has 0 saturated carbocycles. The van der Waals surface area contributed by atoms with Gasteiger partial charge in [-0.15, -0.1) is 0 Å². The monoisotopic (exact) mass is 264 g/mol. The van der Waals surface area contributed by atoms with Gasteiger partial charge in [-0.1, -0.05) is 0 Å². The van der Waals surface area contributed by atoms with Gasteiger partial charge in [-0.05, 0) is 30.4 Å². The first-order chi connectivity index (χ1) is 8.66. The fraction of sp³-hybridized carbons (Fsp3) is 0.333. The van der Waals surface area contributed by atoms with Crippen LogP contribution in [0, 0.1) is 0 Å². The van der Waals surface area contributed by atoms with E-state index in [-0.39, 0.29) is 23.0 Å². The fourth-order valence-electron chi connectivity index (χ4n) is 2.27. The van der Waals surface area contributed by atoms with E-state index in [1.54, 1.807) is 17.8 Å². The number of benzene rings is 1. The highest BCUT2D eigenvalue weighted by Gasteiger charge is 2.21. The molecule has 0 spiro atoms. The van der Waals surface area contributed by atoms with Crippen molar-refractivity contribution >= 4 is 22.7 Å². The third-order valence-electron chi connectivity index (χ3n) is 3.18. The average molecular weight is 264 g/mol. The summed E-state index contributed by atoms with van der Waals surface area (Å²) in [4.78, 5) is 27.0. The van der Waals surface area contributed by atoms with E-state index >= 15 is 0 Å². The number of H-pyrrole nitrogens is 1. The van der Waals surface area contributed by atoms with Crippen molar-refractivity contribution in [3.05, 3.63) is 39.0 Å². The smallest absolute Gasteiger partial charge is 0.329 e. The summed E-state index contributed by atoms with van der Waals surface area (Å²) < 4.78 is 1.28. The van der Waals surface area contributed by atoms with E-state index in [1.807, 2.05) is 0 Å². The van der Waals surface area contributed by atoms with Crippen LogP contribution in [0.2, 0.25) is 0 Å².